The molecule has 17 heavy (non-hydrogen) atoms. The van der Waals surface area contributed by atoms with Crippen LogP contribution >= 0.6 is 11.8 Å². The lowest BCUT2D eigenvalue weighted by Gasteiger charge is -2.32. The van der Waals surface area contributed by atoms with E-state index in [4.69, 9.17) is 0 Å². The van der Waals surface area contributed by atoms with E-state index in [9.17, 15) is 5.11 Å². The van der Waals surface area contributed by atoms with Crippen LogP contribution in [0, 0.1) is 5.92 Å². The Morgan fingerprint density at radius 1 is 1.41 bits per heavy atom. The highest BCUT2D eigenvalue weighted by Gasteiger charge is 2.18. The lowest BCUT2D eigenvalue weighted by atomic mass is 9.99. The number of nitrogens with zero attached hydrogens (tertiary/aromatic N) is 2. The second kappa shape index (κ2) is 8.35. The van der Waals surface area contributed by atoms with Gasteiger partial charge >= 0.3 is 0 Å². The van der Waals surface area contributed by atoms with Crippen LogP contribution in [0.2, 0.25) is 0 Å². The zero-order valence-electron chi connectivity index (χ0n) is 11.6. The van der Waals surface area contributed by atoms with E-state index in [0.717, 1.165) is 44.4 Å². The second-order valence-electron chi connectivity index (χ2n) is 5.39. The van der Waals surface area contributed by atoms with Crippen molar-refractivity contribution in [2.45, 2.75) is 25.9 Å². The molecule has 0 bridgehead atoms. The van der Waals surface area contributed by atoms with Crippen LogP contribution in [-0.2, 0) is 0 Å². The maximum Gasteiger partial charge on any atom is 0.0793 e. The summed E-state index contributed by atoms with van der Waals surface area (Å²) in [6, 6.07) is 0. The van der Waals surface area contributed by atoms with Crippen LogP contribution in [0.4, 0.5) is 0 Å². The van der Waals surface area contributed by atoms with Gasteiger partial charge in [0, 0.05) is 25.4 Å². The molecule has 4 heteroatoms. The summed E-state index contributed by atoms with van der Waals surface area (Å²) in [6.45, 7) is 7.35. The third-order valence-corrected chi connectivity index (χ3v) is 4.14. The van der Waals surface area contributed by atoms with E-state index in [1.807, 2.05) is 11.8 Å². The first kappa shape index (κ1) is 15.3. The van der Waals surface area contributed by atoms with Gasteiger partial charge in [0.2, 0.25) is 0 Å². The van der Waals surface area contributed by atoms with Crippen molar-refractivity contribution in [1.29, 1.82) is 0 Å². The van der Waals surface area contributed by atoms with Crippen molar-refractivity contribution >= 4 is 11.8 Å². The summed E-state index contributed by atoms with van der Waals surface area (Å²) in [5, 5.41) is 10.0. The number of likely N-dealkylation sites (tertiary alicyclic amines) is 1. The van der Waals surface area contributed by atoms with Crippen LogP contribution in [-0.4, -0.2) is 72.8 Å². The average molecular weight is 260 g/mol. The van der Waals surface area contributed by atoms with Gasteiger partial charge in [0.05, 0.1) is 6.10 Å². The molecule has 1 atom stereocenters. The van der Waals surface area contributed by atoms with Crippen molar-refractivity contribution in [3.63, 3.8) is 0 Å². The van der Waals surface area contributed by atoms with E-state index in [2.05, 4.69) is 30.0 Å². The topological polar surface area (TPSA) is 26.7 Å². The molecule has 1 heterocycles. The SMILES string of the molecule is CSCCN(C)CC(O)CN1CCC(C)CC1. The number of rotatable bonds is 7. The molecule has 0 radical (unpaired) electrons. The van der Waals surface area contributed by atoms with Gasteiger partial charge in [-0.25, -0.2) is 0 Å². The van der Waals surface area contributed by atoms with Crippen LogP contribution in [0.1, 0.15) is 19.8 Å². The molecule has 1 unspecified atom stereocenters. The lowest BCUT2D eigenvalue weighted by Crippen LogP contribution is -2.42. The molecular formula is C13H28N2OS. The summed E-state index contributed by atoms with van der Waals surface area (Å²) < 4.78 is 0. The van der Waals surface area contributed by atoms with Crippen molar-refractivity contribution in [2.24, 2.45) is 5.92 Å². The highest BCUT2D eigenvalue weighted by molar-refractivity contribution is 7.98. The van der Waals surface area contributed by atoms with Crippen molar-refractivity contribution in [2.75, 3.05) is 51.8 Å². The van der Waals surface area contributed by atoms with Gasteiger partial charge in [0.1, 0.15) is 0 Å². The van der Waals surface area contributed by atoms with Gasteiger partial charge in [-0.3, -0.25) is 0 Å². The smallest absolute Gasteiger partial charge is 0.0793 e. The van der Waals surface area contributed by atoms with Gasteiger partial charge < -0.3 is 14.9 Å². The van der Waals surface area contributed by atoms with Crippen LogP contribution in [0.25, 0.3) is 0 Å². The Morgan fingerprint density at radius 3 is 2.65 bits per heavy atom. The standard InChI is InChI=1S/C13H28N2OS/c1-12-4-6-15(7-5-12)11-13(16)10-14(2)8-9-17-3/h12-13,16H,4-11H2,1-3H3. The Kier molecular flexibility index (Phi) is 7.51. The number of β-amino-alcohol motifs (C(OH)–C–C–N with tert-alkyl or cyclic N) is 1. The normalized spacial score (nSPS) is 21.0. The zero-order chi connectivity index (χ0) is 12.7. The molecule has 0 spiro atoms. The molecule has 0 aromatic rings. The average Bonchev–Trinajstić information content (AvgIpc) is 2.29. The minimum atomic E-state index is -0.199. The summed E-state index contributed by atoms with van der Waals surface area (Å²) in [5.74, 6) is 2.01. The van der Waals surface area contributed by atoms with E-state index in [-0.39, 0.29) is 6.10 Å². The summed E-state index contributed by atoms with van der Waals surface area (Å²) in [6.07, 6.45) is 4.50. The highest BCUT2D eigenvalue weighted by Crippen LogP contribution is 2.15. The molecular weight excluding hydrogens is 232 g/mol. The third-order valence-electron chi connectivity index (χ3n) is 3.54. The van der Waals surface area contributed by atoms with E-state index in [1.165, 1.54) is 12.8 Å². The van der Waals surface area contributed by atoms with E-state index >= 15 is 0 Å². The third kappa shape index (κ3) is 6.65. The molecule has 1 N–H and O–H groups in total. The number of hydrogen-bond acceptors (Lipinski definition) is 4. The monoisotopic (exact) mass is 260 g/mol. The number of piperidine rings is 1. The fourth-order valence-electron chi connectivity index (χ4n) is 2.30. The second-order valence-corrected chi connectivity index (χ2v) is 6.38. The first-order chi connectivity index (χ1) is 8.11. The number of likely N-dealkylation sites (N-methyl/N-ethyl adjacent to an activating group) is 1. The minimum Gasteiger partial charge on any atom is -0.390 e. The Labute approximate surface area is 111 Å². The molecule has 1 aliphatic rings. The fourth-order valence-corrected chi connectivity index (χ4v) is 2.79. The van der Waals surface area contributed by atoms with Crippen LogP contribution in [0.3, 0.4) is 0 Å². The summed E-state index contributed by atoms with van der Waals surface area (Å²) in [7, 11) is 2.09. The predicted octanol–water partition coefficient (Wildman–Crippen LogP) is 1.37. The fraction of sp³-hybridized carbons (Fsp3) is 1.00. The maximum atomic E-state index is 10.0. The lowest BCUT2D eigenvalue weighted by molar-refractivity contribution is 0.0692. The van der Waals surface area contributed by atoms with E-state index in [1.54, 1.807) is 0 Å². The molecule has 0 aromatic carbocycles. The van der Waals surface area contributed by atoms with Crippen molar-refractivity contribution < 1.29 is 5.11 Å². The predicted molar refractivity (Wildman–Crippen MR) is 76.7 cm³/mol. The first-order valence-electron chi connectivity index (χ1n) is 6.69. The van der Waals surface area contributed by atoms with Gasteiger partial charge in [0.25, 0.3) is 0 Å². The zero-order valence-corrected chi connectivity index (χ0v) is 12.4. The largest absolute Gasteiger partial charge is 0.390 e. The molecule has 1 aliphatic heterocycles. The quantitative estimate of drug-likeness (QED) is 0.748. The number of thioether (sulfide) groups is 1. The van der Waals surface area contributed by atoms with Gasteiger partial charge in [-0.2, -0.15) is 11.8 Å². The summed E-state index contributed by atoms with van der Waals surface area (Å²) >= 11 is 1.86. The summed E-state index contributed by atoms with van der Waals surface area (Å²) in [5.41, 5.74) is 0. The molecule has 1 saturated heterocycles. The van der Waals surface area contributed by atoms with Crippen LogP contribution in [0.5, 0.6) is 0 Å². The summed E-state index contributed by atoms with van der Waals surface area (Å²) in [4.78, 5) is 4.64. The molecule has 1 rings (SSSR count). The molecule has 1 fully saturated rings. The van der Waals surface area contributed by atoms with E-state index in [0.29, 0.717) is 0 Å². The van der Waals surface area contributed by atoms with Gasteiger partial charge in [-0.15, -0.1) is 0 Å². The highest BCUT2D eigenvalue weighted by atomic mass is 32.2. The molecule has 102 valence electrons. The number of aliphatic hydroxyl groups is 1. The molecule has 3 nitrogen and oxygen atoms in total. The van der Waals surface area contributed by atoms with Crippen molar-refractivity contribution in [3.8, 4) is 0 Å². The maximum absolute atomic E-state index is 10.0. The molecule has 0 saturated carbocycles. The molecule has 0 amide bonds. The van der Waals surface area contributed by atoms with Gasteiger partial charge in [-0.05, 0) is 45.2 Å². The van der Waals surface area contributed by atoms with Crippen LogP contribution < -0.4 is 0 Å². The number of aliphatic hydroxyl groups excluding tert-OH is 1. The minimum absolute atomic E-state index is 0.199. The van der Waals surface area contributed by atoms with Crippen molar-refractivity contribution in [3.05, 3.63) is 0 Å². The Balaban J connectivity index is 2.13. The first-order valence-corrected chi connectivity index (χ1v) is 8.09. The number of hydrogen-bond donors (Lipinski definition) is 1. The van der Waals surface area contributed by atoms with Crippen molar-refractivity contribution in [1.82, 2.24) is 9.80 Å². The Bertz CT molecular complexity index is 196. The Morgan fingerprint density at radius 2 is 2.06 bits per heavy atom. The Hall–Kier alpha value is 0.230. The van der Waals surface area contributed by atoms with Gasteiger partial charge in [0.15, 0.2) is 0 Å². The van der Waals surface area contributed by atoms with E-state index < -0.39 is 0 Å². The molecule has 0 aromatic heterocycles. The van der Waals surface area contributed by atoms with Crippen LogP contribution in [0.15, 0.2) is 0 Å². The van der Waals surface area contributed by atoms with Gasteiger partial charge in [-0.1, -0.05) is 6.92 Å². The molecule has 0 aliphatic carbocycles.